The number of rotatable bonds is 5. The zero-order valence-corrected chi connectivity index (χ0v) is 11.7. The summed E-state index contributed by atoms with van der Waals surface area (Å²) in [4.78, 5) is 23.4. The van der Waals surface area contributed by atoms with Gasteiger partial charge in [0.25, 0.3) is 0 Å². The Morgan fingerprint density at radius 2 is 1.70 bits per heavy atom. The number of carboxylic acid groups (broad SMARTS) is 1. The van der Waals surface area contributed by atoms with E-state index in [-0.39, 0.29) is 18.9 Å². The highest BCUT2D eigenvalue weighted by Crippen LogP contribution is 2.41. The highest BCUT2D eigenvalue weighted by Gasteiger charge is 2.43. The van der Waals surface area contributed by atoms with Crippen molar-refractivity contribution in [2.24, 2.45) is 5.41 Å². The Balaban J connectivity index is 1.84. The van der Waals surface area contributed by atoms with E-state index in [1.165, 1.54) is 0 Å². The lowest BCUT2D eigenvalue weighted by Crippen LogP contribution is -2.47. The van der Waals surface area contributed by atoms with Crippen molar-refractivity contribution in [1.29, 1.82) is 0 Å². The average molecular weight is 285 g/mol. The summed E-state index contributed by atoms with van der Waals surface area (Å²) in [5, 5.41) is 22.3. The van der Waals surface area contributed by atoms with E-state index >= 15 is 0 Å². The number of amides is 1. The SMILES string of the molecule is O=C(CC1(C(=O)O)CCCC1)NCC1(O)CCOCC1. The number of hydrogen-bond acceptors (Lipinski definition) is 4. The second-order valence-electron chi connectivity index (χ2n) is 6.08. The van der Waals surface area contributed by atoms with E-state index in [0.29, 0.717) is 38.9 Å². The van der Waals surface area contributed by atoms with Gasteiger partial charge in [-0.3, -0.25) is 9.59 Å². The molecule has 0 unspecified atom stereocenters. The van der Waals surface area contributed by atoms with Gasteiger partial charge in [0.1, 0.15) is 0 Å². The van der Waals surface area contributed by atoms with Gasteiger partial charge in [-0.2, -0.15) is 0 Å². The molecule has 0 aromatic rings. The van der Waals surface area contributed by atoms with Gasteiger partial charge in [-0.25, -0.2) is 0 Å². The number of aliphatic hydroxyl groups is 1. The summed E-state index contributed by atoms with van der Waals surface area (Å²) < 4.78 is 5.18. The fourth-order valence-corrected chi connectivity index (χ4v) is 3.08. The summed E-state index contributed by atoms with van der Waals surface area (Å²) in [5.74, 6) is -1.16. The molecule has 2 fully saturated rings. The largest absolute Gasteiger partial charge is 0.481 e. The van der Waals surface area contributed by atoms with Crippen LogP contribution in [-0.2, 0) is 14.3 Å². The van der Waals surface area contributed by atoms with E-state index in [9.17, 15) is 19.8 Å². The van der Waals surface area contributed by atoms with Crippen LogP contribution in [0.4, 0.5) is 0 Å². The maximum absolute atomic E-state index is 12.0. The maximum atomic E-state index is 12.0. The van der Waals surface area contributed by atoms with E-state index < -0.39 is 17.0 Å². The summed E-state index contributed by atoms with van der Waals surface area (Å²) in [7, 11) is 0. The van der Waals surface area contributed by atoms with Gasteiger partial charge >= 0.3 is 5.97 Å². The average Bonchev–Trinajstić information content (AvgIpc) is 2.87. The summed E-state index contributed by atoms with van der Waals surface area (Å²) in [6.45, 7) is 1.15. The zero-order valence-electron chi connectivity index (χ0n) is 11.7. The molecular formula is C14H23NO5. The van der Waals surface area contributed by atoms with Gasteiger partial charge in [0, 0.05) is 39.0 Å². The Morgan fingerprint density at radius 1 is 1.10 bits per heavy atom. The molecule has 1 aliphatic carbocycles. The second kappa shape index (κ2) is 6.10. The summed E-state index contributed by atoms with van der Waals surface area (Å²) in [5.41, 5.74) is -1.82. The quantitative estimate of drug-likeness (QED) is 0.690. The number of carboxylic acids is 1. The molecule has 1 saturated carbocycles. The molecule has 0 aromatic heterocycles. The highest BCUT2D eigenvalue weighted by atomic mass is 16.5. The molecule has 0 spiro atoms. The fraction of sp³-hybridized carbons (Fsp3) is 0.857. The van der Waals surface area contributed by atoms with Gasteiger partial charge in [0.15, 0.2) is 0 Å². The first-order valence-corrected chi connectivity index (χ1v) is 7.26. The first-order valence-electron chi connectivity index (χ1n) is 7.26. The normalized spacial score (nSPS) is 24.2. The molecule has 2 aliphatic rings. The predicted molar refractivity (Wildman–Crippen MR) is 71.2 cm³/mol. The first-order chi connectivity index (χ1) is 9.46. The summed E-state index contributed by atoms with van der Waals surface area (Å²) in [6, 6.07) is 0. The van der Waals surface area contributed by atoms with Gasteiger partial charge in [-0.05, 0) is 12.8 Å². The minimum atomic E-state index is -0.917. The maximum Gasteiger partial charge on any atom is 0.310 e. The number of aliphatic carboxylic acids is 1. The molecule has 2 rings (SSSR count). The molecule has 1 aliphatic heterocycles. The third-order valence-corrected chi connectivity index (χ3v) is 4.55. The summed E-state index contributed by atoms with van der Waals surface area (Å²) in [6.07, 6.45) is 3.85. The van der Waals surface area contributed by atoms with E-state index in [2.05, 4.69) is 5.32 Å². The molecule has 0 bridgehead atoms. The van der Waals surface area contributed by atoms with Gasteiger partial charge in [0.2, 0.25) is 5.91 Å². The Kier molecular flexibility index (Phi) is 4.65. The topological polar surface area (TPSA) is 95.9 Å². The lowest BCUT2D eigenvalue weighted by atomic mass is 9.82. The molecular weight excluding hydrogens is 262 g/mol. The van der Waals surface area contributed by atoms with Crippen molar-refractivity contribution >= 4 is 11.9 Å². The standard InChI is InChI=1S/C14H23NO5/c16-11(9-13(12(17)18)3-1-2-4-13)15-10-14(19)5-7-20-8-6-14/h19H,1-10H2,(H,15,16)(H,17,18). The number of carbonyl (C=O) groups is 2. The first kappa shape index (κ1) is 15.3. The van der Waals surface area contributed by atoms with E-state index in [4.69, 9.17) is 4.74 Å². The molecule has 1 saturated heterocycles. The lowest BCUT2D eigenvalue weighted by molar-refractivity contribution is -0.151. The van der Waals surface area contributed by atoms with E-state index in [1.54, 1.807) is 0 Å². The van der Waals surface area contributed by atoms with Crippen molar-refractivity contribution in [2.75, 3.05) is 19.8 Å². The molecule has 1 amide bonds. The van der Waals surface area contributed by atoms with Crippen LogP contribution in [0, 0.1) is 5.41 Å². The van der Waals surface area contributed by atoms with Crippen molar-refractivity contribution in [3.63, 3.8) is 0 Å². The van der Waals surface area contributed by atoms with Crippen LogP contribution >= 0.6 is 0 Å². The van der Waals surface area contributed by atoms with Crippen molar-refractivity contribution in [3.05, 3.63) is 0 Å². The fourth-order valence-electron chi connectivity index (χ4n) is 3.08. The molecule has 114 valence electrons. The van der Waals surface area contributed by atoms with Crippen LogP contribution < -0.4 is 5.32 Å². The van der Waals surface area contributed by atoms with Gasteiger partial charge < -0.3 is 20.3 Å². The second-order valence-corrected chi connectivity index (χ2v) is 6.08. The molecule has 0 radical (unpaired) electrons. The van der Waals surface area contributed by atoms with E-state index in [1.807, 2.05) is 0 Å². The third-order valence-electron chi connectivity index (χ3n) is 4.55. The van der Waals surface area contributed by atoms with Crippen LogP contribution in [0.2, 0.25) is 0 Å². The minimum Gasteiger partial charge on any atom is -0.481 e. The molecule has 0 aromatic carbocycles. The Labute approximate surface area is 118 Å². The molecule has 0 atom stereocenters. The highest BCUT2D eigenvalue weighted by molar-refractivity contribution is 5.85. The van der Waals surface area contributed by atoms with Crippen LogP contribution in [0.15, 0.2) is 0 Å². The summed E-state index contributed by atoms with van der Waals surface area (Å²) >= 11 is 0. The Bertz CT molecular complexity index is 370. The van der Waals surface area contributed by atoms with Crippen molar-refractivity contribution in [1.82, 2.24) is 5.32 Å². The number of carbonyl (C=O) groups excluding carboxylic acids is 1. The van der Waals surface area contributed by atoms with Gasteiger partial charge in [0.05, 0.1) is 11.0 Å². The molecule has 6 heteroatoms. The Morgan fingerprint density at radius 3 is 2.25 bits per heavy atom. The lowest BCUT2D eigenvalue weighted by Gasteiger charge is -2.32. The number of nitrogens with one attached hydrogen (secondary N) is 1. The van der Waals surface area contributed by atoms with Crippen molar-refractivity contribution in [2.45, 2.75) is 50.5 Å². The third kappa shape index (κ3) is 3.49. The zero-order chi connectivity index (χ0) is 14.6. The predicted octanol–water partition coefficient (Wildman–Crippen LogP) is 0.679. The molecule has 20 heavy (non-hydrogen) atoms. The number of ether oxygens (including phenoxy) is 1. The molecule has 3 N–H and O–H groups in total. The Hall–Kier alpha value is -1.14. The van der Waals surface area contributed by atoms with Crippen molar-refractivity contribution in [3.8, 4) is 0 Å². The van der Waals surface area contributed by atoms with E-state index in [0.717, 1.165) is 12.8 Å². The van der Waals surface area contributed by atoms with Crippen LogP contribution in [0.5, 0.6) is 0 Å². The molecule has 1 heterocycles. The van der Waals surface area contributed by atoms with Crippen LogP contribution in [0.25, 0.3) is 0 Å². The minimum absolute atomic E-state index is 0.00884. The van der Waals surface area contributed by atoms with Gasteiger partial charge in [-0.1, -0.05) is 12.8 Å². The molecule has 6 nitrogen and oxygen atoms in total. The van der Waals surface area contributed by atoms with Crippen LogP contribution in [-0.4, -0.2) is 47.4 Å². The van der Waals surface area contributed by atoms with Gasteiger partial charge in [-0.15, -0.1) is 0 Å². The number of hydrogen-bond donors (Lipinski definition) is 3. The van der Waals surface area contributed by atoms with Crippen molar-refractivity contribution < 1.29 is 24.5 Å². The van der Waals surface area contributed by atoms with Crippen LogP contribution in [0.1, 0.15) is 44.9 Å². The van der Waals surface area contributed by atoms with Crippen LogP contribution in [0.3, 0.4) is 0 Å². The monoisotopic (exact) mass is 285 g/mol. The smallest absolute Gasteiger partial charge is 0.310 e.